The third-order valence-electron chi connectivity index (χ3n) is 4.76. The number of carbonyl (C=O) groups is 2. The molecule has 0 radical (unpaired) electrons. The molecular weight excluding hydrogens is 392 g/mol. The van der Waals surface area contributed by atoms with E-state index >= 15 is 0 Å². The van der Waals surface area contributed by atoms with Crippen molar-refractivity contribution in [2.24, 2.45) is 11.7 Å². The molecule has 0 spiro atoms. The van der Waals surface area contributed by atoms with Crippen LogP contribution in [0.3, 0.4) is 0 Å². The number of hydrogen-bond acceptors (Lipinski definition) is 5. The van der Waals surface area contributed by atoms with Crippen molar-refractivity contribution in [2.45, 2.75) is 45.4 Å². The molecule has 0 heterocycles. The van der Waals surface area contributed by atoms with E-state index in [1.54, 1.807) is 12.1 Å². The van der Waals surface area contributed by atoms with Crippen molar-refractivity contribution in [1.82, 2.24) is 5.32 Å². The highest BCUT2D eigenvalue weighted by Crippen LogP contribution is 2.13. The Hall–Kier alpha value is -2.57. The van der Waals surface area contributed by atoms with E-state index in [-0.39, 0.29) is 43.0 Å². The van der Waals surface area contributed by atoms with Crippen LogP contribution >= 0.6 is 12.4 Å². The van der Waals surface area contributed by atoms with Gasteiger partial charge >= 0.3 is 5.97 Å². The summed E-state index contributed by atoms with van der Waals surface area (Å²) in [5.41, 5.74) is 7.65. The standard InChI is InChI=1S/C22H28N2O4.ClH/c1-3-15(2)20(23)21(26)24-19(13-16-9-11-18(25)12-10-16)22(27)28-14-17-7-5-4-6-8-17;/h4-12,15,19-20,25H,3,13-14,23H2,1-2H3,(H,24,26);1H/t15-,19-,20-;/m0./s1. The van der Waals surface area contributed by atoms with Gasteiger partial charge in [-0.25, -0.2) is 4.79 Å². The molecule has 0 aromatic heterocycles. The Morgan fingerprint density at radius 3 is 2.28 bits per heavy atom. The Labute approximate surface area is 177 Å². The normalized spacial score (nSPS) is 13.5. The first-order valence-corrected chi connectivity index (χ1v) is 9.45. The van der Waals surface area contributed by atoms with E-state index in [1.807, 2.05) is 44.2 Å². The largest absolute Gasteiger partial charge is 0.508 e. The van der Waals surface area contributed by atoms with Crippen LogP contribution in [-0.4, -0.2) is 29.1 Å². The minimum absolute atomic E-state index is 0. The lowest BCUT2D eigenvalue weighted by Crippen LogP contribution is -2.51. The number of aromatic hydroxyl groups is 1. The lowest BCUT2D eigenvalue weighted by molar-refractivity contribution is -0.149. The average molecular weight is 421 g/mol. The smallest absolute Gasteiger partial charge is 0.329 e. The van der Waals surface area contributed by atoms with Crippen molar-refractivity contribution in [2.75, 3.05) is 0 Å². The maximum absolute atomic E-state index is 12.7. The van der Waals surface area contributed by atoms with E-state index in [9.17, 15) is 14.7 Å². The third kappa shape index (κ3) is 7.75. The van der Waals surface area contributed by atoms with Gasteiger partial charge in [-0.3, -0.25) is 4.79 Å². The van der Waals surface area contributed by atoms with Crippen molar-refractivity contribution in [1.29, 1.82) is 0 Å². The second kappa shape index (κ2) is 12.1. The molecule has 1 amide bonds. The van der Waals surface area contributed by atoms with Crippen LogP contribution in [-0.2, 0) is 27.4 Å². The second-order valence-corrected chi connectivity index (χ2v) is 6.94. The fourth-order valence-electron chi connectivity index (χ4n) is 2.67. The summed E-state index contributed by atoms with van der Waals surface area (Å²) >= 11 is 0. The molecule has 7 heteroatoms. The molecule has 158 valence electrons. The first kappa shape index (κ1) is 24.5. The van der Waals surface area contributed by atoms with Gasteiger partial charge in [-0.1, -0.05) is 62.7 Å². The van der Waals surface area contributed by atoms with Gasteiger partial charge in [0.25, 0.3) is 0 Å². The summed E-state index contributed by atoms with van der Waals surface area (Å²) in [5, 5.41) is 12.2. The Bertz CT molecular complexity index is 768. The maximum Gasteiger partial charge on any atom is 0.329 e. The summed E-state index contributed by atoms with van der Waals surface area (Å²) in [6, 6.07) is 14.2. The maximum atomic E-state index is 12.7. The van der Waals surface area contributed by atoms with Crippen LogP contribution in [0.4, 0.5) is 0 Å². The number of rotatable bonds is 9. The number of hydrogen-bond donors (Lipinski definition) is 3. The fraction of sp³-hybridized carbons (Fsp3) is 0.364. The molecule has 3 atom stereocenters. The number of nitrogens with one attached hydrogen (secondary N) is 1. The zero-order valence-electron chi connectivity index (χ0n) is 16.7. The third-order valence-corrected chi connectivity index (χ3v) is 4.76. The number of nitrogens with two attached hydrogens (primary N) is 1. The lowest BCUT2D eigenvalue weighted by Gasteiger charge is -2.22. The van der Waals surface area contributed by atoms with Gasteiger partial charge in [-0.05, 0) is 29.2 Å². The molecule has 0 saturated heterocycles. The van der Waals surface area contributed by atoms with Crippen LogP contribution in [0.2, 0.25) is 0 Å². The van der Waals surface area contributed by atoms with Gasteiger partial charge in [0, 0.05) is 6.42 Å². The van der Waals surface area contributed by atoms with Crippen LogP contribution in [0.1, 0.15) is 31.4 Å². The van der Waals surface area contributed by atoms with Gasteiger partial charge in [0.15, 0.2) is 0 Å². The molecule has 0 bridgehead atoms. The second-order valence-electron chi connectivity index (χ2n) is 6.94. The lowest BCUT2D eigenvalue weighted by atomic mass is 9.98. The highest BCUT2D eigenvalue weighted by molar-refractivity contribution is 5.87. The predicted molar refractivity (Wildman–Crippen MR) is 115 cm³/mol. The molecule has 2 rings (SSSR count). The van der Waals surface area contributed by atoms with E-state index in [4.69, 9.17) is 10.5 Å². The van der Waals surface area contributed by atoms with E-state index in [0.29, 0.717) is 0 Å². The fourth-order valence-corrected chi connectivity index (χ4v) is 2.67. The molecule has 2 aromatic rings. The Morgan fingerprint density at radius 1 is 1.07 bits per heavy atom. The highest BCUT2D eigenvalue weighted by Gasteiger charge is 2.27. The van der Waals surface area contributed by atoms with E-state index in [1.165, 1.54) is 12.1 Å². The minimum atomic E-state index is -0.865. The van der Waals surface area contributed by atoms with Gasteiger partial charge in [0.1, 0.15) is 18.4 Å². The summed E-state index contributed by atoms with van der Waals surface area (Å²) in [6.45, 7) is 3.98. The van der Waals surface area contributed by atoms with Crippen molar-refractivity contribution < 1.29 is 19.4 Å². The van der Waals surface area contributed by atoms with Crippen molar-refractivity contribution in [3.05, 3.63) is 65.7 Å². The number of carbonyl (C=O) groups excluding carboxylic acids is 2. The number of phenols is 1. The molecule has 4 N–H and O–H groups in total. The van der Waals surface area contributed by atoms with E-state index in [0.717, 1.165) is 17.5 Å². The SMILES string of the molecule is CC[C@H](C)[C@H](N)C(=O)N[C@@H](Cc1ccc(O)cc1)C(=O)OCc1ccccc1.Cl. The van der Waals surface area contributed by atoms with Crippen LogP contribution < -0.4 is 11.1 Å². The summed E-state index contributed by atoms with van der Waals surface area (Å²) in [7, 11) is 0. The van der Waals surface area contributed by atoms with Crippen LogP contribution in [0, 0.1) is 5.92 Å². The molecule has 6 nitrogen and oxygen atoms in total. The predicted octanol–water partition coefficient (Wildman–Crippen LogP) is 2.96. The van der Waals surface area contributed by atoms with E-state index < -0.39 is 18.1 Å². The van der Waals surface area contributed by atoms with Crippen molar-refractivity contribution in [3.8, 4) is 5.75 Å². The number of benzene rings is 2. The Kier molecular flexibility index (Phi) is 10.2. The van der Waals surface area contributed by atoms with Crippen LogP contribution in [0.15, 0.2) is 54.6 Å². The molecule has 0 aliphatic carbocycles. The van der Waals surface area contributed by atoms with Gasteiger partial charge in [0.05, 0.1) is 6.04 Å². The molecule has 29 heavy (non-hydrogen) atoms. The number of phenolic OH excluding ortho intramolecular Hbond substituents is 1. The Morgan fingerprint density at radius 2 is 1.69 bits per heavy atom. The van der Waals surface area contributed by atoms with Gasteiger partial charge in [-0.15, -0.1) is 12.4 Å². The van der Waals surface area contributed by atoms with Crippen LogP contribution in [0.25, 0.3) is 0 Å². The molecule has 0 fully saturated rings. The van der Waals surface area contributed by atoms with Crippen molar-refractivity contribution >= 4 is 24.3 Å². The van der Waals surface area contributed by atoms with Gasteiger partial charge in [-0.2, -0.15) is 0 Å². The van der Waals surface area contributed by atoms with Crippen LogP contribution in [0.5, 0.6) is 5.75 Å². The van der Waals surface area contributed by atoms with E-state index in [2.05, 4.69) is 5.32 Å². The molecular formula is C22H29ClN2O4. The average Bonchev–Trinajstić information content (AvgIpc) is 2.72. The topological polar surface area (TPSA) is 102 Å². The summed E-state index contributed by atoms with van der Waals surface area (Å²) in [6.07, 6.45) is 1.00. The summed E-state index contributed by atoms with van der Waals surface area (Å²) < 4.78 is 5.41. The number of ether oxygens (including phenoxy) is 1. The number of halogens is 1. The minimum Gasteiger partial charge on any atom is -0.508 e. The monoisotopic (exact) mass is 420 g/mol. The zero-order chi connectivity index (χ0) is 20.5. The zero-order valence-corrected chi connectivity index (χ0v) is 17.5. The summed E-state index contributed by atoms with van der Waals surface area (Å²) in [5.74, 6) is -0.777. The number of esters is 1. The Balaban J connectivity index is 0.00000420. The first-order chi connectivity index (χ1) is 13.4. The van der Waals surface area contributed by atoms with Gasteiger partial charge < -0.3 is 20.9 Å². The molecule has 2 aromatic carbocycles. The number of amides is 1. The molecule has 0 aliphatic rings. The summed E-state index contributed by atoms with van der Waals surface area (Å²) in [4.78, 5) is 25.2. The quantitative estimate of drug-likeness (QED) is 0.541. The first-order valence-electron chi connectivity index (χ1n) is 9.45. The molecule has 0 saturated carbocycles. The van der Waals surface area contributed by atoms with Crippen molar-refractivity contribution in [3.63, 3.8) is 0 Å². The molecule has 0 aliphatic heterocycles. The van der Waals surface area contributed by atoms with Gasteiger partial charge in [0.2, 0.25) is 5.91 Å². The highest BCUT2D eigenvalue weighted by atomic mass is 35.5. The molecule has 0 unspecified atom stereocenters.